The third-order valence-corrected chi connectivity index (χ3v) is 5.34. The number of aromatic amines is 1. The van der Waals surface area contributed by atoms with Crippen molar-refractivity contribution < 1.29 is 4.74 Å². The van der Waals surface area contributed by atoms with E-state index >= 15 is 0 Å². The maximum atomic E-state index is 6.64. The van der Waals surface area contributed by atoms with E-state index in [0.29, 0.717) is 28.8 Å². The Kier molecular flexibility index (Phi) is 5.06. The molecule has 136 valence electrons. The first kappa shape index (κ1) is 17.9. The first-order chi connectivity index (χ1) is 13.1. The van der Waals surface area contributed by atoms with Crippen molar-refractivity contribution >= 4 is 34.2 Å². The van der Waals surface area contributed by atoms with E-state index in [0.717, 1.165) is 27.7 Å². The van der Waals surface area contributed by atoms with Crippen molar-refractivity contribution in [1.29, 1.82) is 0 Å². The monoisotopic (exact) mass is 396 g/mol. The average Bonchev–Trinajstić information content (AvgIpc) is 3.09. The van der Waals surface area contributed by atoms with Gasteiger partial charge in [-0.3, -0.25) is 0 Å². The van der Waals surface area contributed by atoms with Gasteiger partial charge in [-0.2, -0.15) is 0 Å². The van der Waals surface area contributed by atoms with E-state index in [1.807, 2.05) is 30.5 Å². The molecule has 2 aromatic carbocycles. The Morgan fingerprint density at radius 3 is 2.67 bits per heavy atom. The minimum atomic E-state index is 0.456. The molecule has 27 heavy (non-hydrogen) atoms. The van der Waals surface area contributed by atoms with Crippen LogP contribution < -0.4 is 4.74 Å². The predicted octanol–water partition coefficient (Wildman–Crippen LogP) is 6.35. The molecule has 1 N–H and O–H groups in total. The lowest BCUT2D eigenvalue weighted by atomic mass is 10.0. The molecule has 0 amide bonds. The molecule has 3 nitrogen and oxygen atoms in total. The molecule has 0 aliphatic rings. The molecule has 0 aliphatic carbocycles. The van der Waals surface area contributed by atoms with E-state index in [9.17, 15) is 0 Å². The minimum absolute atomic E-state index is 0.456. The fourth-order valence-corrected chi connectivity index (χ4v) is 3.60. The zero-order valence-corrected chi connectivity index (χ0v) is 16.3. The number of halogens is 2. The summed E-state index contributed by atoms with van der Waals surface area (Å²) in [6.07, 6.45) is 4.32. The molecule has 0 unspecified atom stereocenters. The van der Waals surface area contributed by atoms with Gasteiger partial charge in [0, 0.05) is 29.2 Å². The molecule has 0 atom stereocenters. The second-order valence-electron chi connectivity index (χ2n) is 6.50. The number of ether oxygens (including phenoxy) is 1. The summed E-state index contributed by atoms with van der Waals surface area (Å²) in [7, 11) is 0. The van der Waals surface area contributed by atoms with Gasteiger partial charge in [0.25, 0.3) is 0 Å². The molecule has 5 heteroatoms. The summed E-state index contributed by atoms with van der Waals surface area (Å²) >= 11 is 13.1. The second kappa shape index (κ2) is 7.63. The molecule has 0 fully saturated rings. The van der Waals surface area contributed by atoms with Gasteiger partial charge < -0.3 is 9.72 Å². The van der Waals surface area contributed by atoms with Gasteiger partial charge >= 0.3 is 0 Å². The molecule has 0 saturated heterocycles. The summed E-state index contributed by atoms with van der Waals surface area (Å²) in [4.78, 5) is 7.51. The lowest BCUT2D eigenvalue weighted by molar-refractivity contribution is 0.306. The van der Waals surface area contributed by atoms with Crippen LogP contribution in [0.25, 0.3) is 11.0 Å². The van der Waals surface area contributed by atoms with E-state index in [-0.39, 0.29) is 0 Å². The van der Waals surface area contributed by atoms with E-state index in [1.54, 1.807) is 6.20 Å². The third kappa shape index (κ3) is 3.80. The van der Waals surface area contributed by atoms with Crippen LogP contribution in [0.2, 0.25) is 10.0 Å². The van der Waals surface area contributed by atoms with Crippen LogP contribution in [0.1, 0.15) is 22.3 Å². The maximum Gasteiger partial charge on any atom is 0.138 e. The Balaban J connectivity index is 1.59. The number of nitrogens with one attached hydrogen (secondary N) is 1. The Labute approximate surface area is 167 Å². The summed E-state index contributed by atoms with van der Waals surface area (Å²) in [6.45, 7) is 2.52. The van der Waals surface area contributed by atoms with Crippen LogP contribution in [0.5, 0.6) is 5.75 Å². The minimum Gasteiger partial charge on any atom is -0.487 e. The number of pyridine rings is 1. The molecule has 2 heterocycles. The summed E-state index contributed by atoms with van der Waals surface area (Å²) in [5, 5.41) is 2.24. The van der Waals surface area contributed by atoms with Crippen LogP contribution in [0.4, 0.5) is 0 Å². The van der Waals surface area contributed by atoms with Crippen molar-refractivity contribution in [2.75, 3.05) is 0 Å². The Bertz CT molecular complexity index is 1090. The van der Waals surface area contributed by atoms with Gasteiger partial charge in [0.15, 0.2) is 0 Å². The van der Waals surface area contributed by atoms with Crippen LogP contribution in [-0.4, -0.2) is 9.97 Å². The Morgan fingerprint density at radius 2 is 1.85 bits per heavy atom. The first-order valence-electron chi connectivity index (χ1n) is 8.68. The van der Waals surface area contributed by atoms with E-state index < -0.39 is 0 Å². The van der Waals surface area contributed by atoms with Crippen molar-refractivity contribution in [3.05, 3.63) is 93.2 Å². The molecule has 2 aromatic heterocycles. The number of hydrogen-bond acceptors (Lipinski definition) is 2. The second-order valence-corrected chi connectivity index (χ2v) is 7.29. The van der Waals surface area contributed by atoms with Gasteiger partial charge in [-0.15, -0.1) is 0 Å². The number of aryl methyl sites for hydroxylation is 1. The highest BCUT2D eigenvalue weighted by Gasteiger charge is 2.15. The molecule has 4 rings (SSSR count). The van der Waals surface area contributed by atoms with Gasteiger partial charge in [0.2, 0.25) is 0 Å². The number of hydrogen-bond donors (Lipinski definition) is 1. The average molecular weight is 397 g/mol. The number of fused-ring (bicyclic) bond motifs is 1. The van der Waals surface area contributed by atoms with Crippen LogP contribution in [0.3, 0.4) is 0 Å². The van der Waals surface area contributed by atoms with Crippen molar-refractivity contribution in [1.82, 2.24) is 9.97 Å². The maximum absolute atomic E-state index is 6.64. The number of aromatic nitrogens is 2. The molecule has 0 aliphatic heterocycles. The highest BCUT2D eigenvalue weighted by molar-refractivity contribution is 6.37. The lowest BCUT2D eigenvalue weighted by Crippen LogP contribution is -1.99. The largest absolute Gasteiger partial charge is 0.487 e. The topological polar surface area (TPSA) is 37.9 Å². The summed E-state index contributed by atoms with van der Waals surface area (Å²) < 4.78 is 5.95. The Morgan fingerprint density at radius 1 is 1.04 bits per heavy atom. The zero-order valence-electron chi connectivity index (χ0n) is 14.8. The van der Waals surface area contributed by atoms with Gasteiger partial charge in [0.1, 0.15) is 18.0 Å². The van der Waals surface area contributed by atoms with Crippen molar-refractivity contribution in [2.45, 2.75) is 20.0 Å². The summed E-state index contributed by atoms with van der Waals surface area (Å²) in [6, 6.07) is 15.9. The quantitative estimate of drug-likeness (QED) is 0.426. The van der Waals surface area contributed by atoms with Crippen molar-refractivity contribution in [2.24, 2.45) is 0 Å². The van der Waals surface area contributed by atoms with Crippen LogP contribution >= 0.6 is 23.2 Å². The van der Waals surface area contributed by atoms with Crippen molar-refractivity contribution in [3.8, 4) is 5.75 Å². The van der Waals surface area contributed by atoms with Gasteiger partial charge in [-0.05, 0) is 47.9 Å². The van der Waals surface area contributed by atoms with Crippen LogP contribution in [-0.2, 0) is 13.0 Å². The highest BCUT2D eigenvalue weighted by atomic mass is 35.5. The number of H-pyrrole nitrogens is 1. The molecule has 0 bridgehead atoms. The van der Waals surface area contributed by atoms with Crippen LogP contribution in [0, 0.1) is 6.92 Å². The standard InChI is InChI=1S/C22H18Cl2N2O/c1-14-4-6-15(7-5-14)13-27-20-9-8-19(23)18(21(20)24)11-16-12-26-22-17(16)3-2-10-25-22/h2-10,12H,11,13H2,1H3,(H,25,26). The van der Waals surface area contributed by atoms with Gasteiger partial charge in [-0.1, -0.05) is 53.0 Å². The summed E-state index contributed by atoms with van der Waals surface area (Å²) in [5.74, 6) is 0.634. The lowest BCUT2D eigenvalue weighted by Gasteiger charge is -2.13. The molecular weight excluding hydrogens is 379 g/mol. The van der Waals surface area contributed by atoms with Crippen molar-refractivity contribution in [3.63, 3.8) is 0 Å². The highest BCUT2D eigenvalue weighted by Crippen LogP contribution is 2.36. The Hall–Kier alpha value is -2.49. The predicted molar refractivity (Wildman–Crippen MR) is 111 cm³/mol. The number of benzene rings is 2. The SMILES string of the molecule is Cc1ccc(COc2ccc(Cl)c(Cc3c[nH]c4ncccc34)c2Cl)cc1. The molecule has 0 spiro atoms. The van der Waals surface area contributed by atoms with E-state index in [4.69, 9.17) is 27.9 Å². The molecule has 0 saturated carbocycles. The summed E-state index contributed by atoms with van der Waals surface area (Å²) in [5.41, 5.74) is 5.11. The first-order valence-corrected chi connectivity index (χ1v) is 9.43. The fraction of sp³-hybridized carbons (Fsp3) is 0.136. The third-order valence-electron chi connectivity index (χ3n) is 4.57. The number of rotatable bonds is 5. The van der Waals surface area contributed by atoms with Gasteiger partial charge in [-0.25, -0.2) is 4.98 Å². The number of nitrogens with zero attached hydrogens (tertiary/aromatic N) is 1. The fourth-order valence-electron chi connectivity index (χ4n) is 3.04. The van der Waals surface area contributed by atoms with E-state index in [2.05, 4.69) is 41.2 Å². The molecule has 4 aromatic rings. The van der Waals surface area contributed by atoms with Gasteiger partial charge in [0.05, 0.1) is 5.02 Å². The van der Waals surface area contributed by atoms with E-state index in [1.165, 1.54) is 5.56 Å². The smallest absolute Gasteiger partial charge is 0.138 e. The van der Waals surface area contributed by atoms with Crippen LogP contribution in [0.15, 0.2) is 60.9 Å². The molecule has 0 radical (unpaired) electrons. The normalized spacial score (nSPS) is 11.1. The molecular formula is C22H18Cl2N2O. The zero-order chi connectivity index (χ0) is 18.8.